The molecule has 0 N–H and O–H groups in total. The molecule has 0 saturated heterocycles. The highest BCUT2D eigenvalue weighted by Gasteiger charge is 2.34. The van der Waals surface area contributed by atoms with Crippen molar-refractivity contribution in [3.8, 4) is 0 Å². The molecule has 0 aliphatic heterocycles. The Morgan fingerprint density at radius 1 is 1.17 bits per heavy atom. The molecule has 0 amide bonds. The van der Waals surface area contributed by atoms with Gasteiger partial charge in [0.15, 0.2) is 0 Å². The van der Waals surface area contributed by atoms with Crippen molar-refractivity contribution >= 4 is 8.32 Å². The smallest absolute Gasteiger partial charge is 0.250 e. The molecule has 1 aliphatic carbocycles. The van der Waals surface area contributed by atoms with Crippen LogP contribution in [-0.2, 0) is 4.43 Å². The molecule has 0 fully saturated rings. The van der Waals surface area contributed by atoms with Gasteiger partial charge < -0.3 is 4.43 Å². The molecule has 1 aliphatic rings. The Hall–Kier alpha value is -0.243. The Bertz CT molecular complexity index is 276. The van der Waals surface area contributed by atoms with Gasteiger partial charge in [-0.15, -0.1) is 0 Å². The number of hydrogen-bond acceptors (Lipinski definition) is 1. The van der Waals surface area contributed by atoms with E-state index in [4.69, 9.17) is 4.43 Å². The molecule has 2 heteroatoms. The molecule has 1 nitrogen and oxygen atoms in total. The van der Waals surface area contributed by atoms with E-state index in [1.807, 2.05) is 0 Å². The standard InChI is InChI=1S/C16H32OSi/c1-7-18(8-2,9-3)17-15-12-10-11-14(13-15)16(4,5)6/h12,14H,7-11,13H2,1-6H3. The van der Waals surface area contributed by atoms with Gasteiger partial charge in [-0.05, 0) is 48.4 Å². The van der Waals surface area contributed by atoms with E-state index in [1.54, 1.807) is 0 Å². The summed E-state index contributed by atoms with van der Waals surface area (Å²) in [5, 5.41) is 0. The van der Waals surface area contributed by atoms with Crippen LogP contribution in [0.5, 0.6) is 0 Å². The summed E-state index contributed by atoms with van der Waals surface area (Å²) >= 11 is 0. The summed E-state index contributed by atoms with van der Waals surface area (Å²) < 4.78 is 6.55. The first-order chi connectivity index (χ1) is 8.37. The molecule has 0 aromatic rings. The second-order valence-electron chi connectivity index (χ2n) is 6.86. The molecule has 18 heavy (non-hydrogen) atoms. The summed E-state index contributed by atoms with van der Waals surface area (Å²) in [6.45, 7) is 14.0. The van der Waals surface area contributed by atoms with E-state index >= 15 is 0 Å². The molecule has 0 spiro atoms. The van der Waals surface area contributed by atoms with Gasteiger partial charge in [0.05, 0.1) is 5.76 Å². The first-order valence-electron chi connectivity index (χ1n) is 7.75. The minimum absolute atomic E-state index is 0.414. The highest BCUT2D eigenvalue weighted by Crippen LogP contribution is 2.39. The summed E-state index contributed by atoms with van der Waals surface area (Å²) in [5.41, 5.74) is 0.414. The zero-order chi connectivity index (χ0) is 13.8. The zero-order valence-corrected chi connectivity index (χ0v) is 14.3. The minimum Gasteiger partial charge on any atom is -0.547 e. The predicted octanol–water partition coefficient (Wildman–Crippen LogP) is 5.74. The molecule has 0 saturated carbocycles. The number of allylic oxidation sites excluding steroid dienone is 2. The molecule has 1 rings (SSSR count). The average molecular weight is 269 g/mol. The molecule has 0 aromatic heterocycles. The van der Waals surface area contributed by atoms with E-state index in [2.05, 4.69) is 47.6 Å². The molecular formula is C16H32OSi. The molecule has 0 radical (unpaired) electrons. The Balaban J connectivity index is 2.70. The second-order valence-corrected chi connectivity index (χ2v) is 11.6. The van der Waals surface area contributed by atoms with Crippen molar-refractivity contribution in [2.45, 2.75) is 78.9 Å². The third kappa shape index (κ3) is 3.88. The van der Waals surface area contributed by atoms with Crippen molar-refractivity contribution in [2.24, 2.45) is 11.3 Å². The van der Waals surface area contributed by atoms with Crippen molar-refractivity contribution in [2.75, 3.05) is 0 Å². The second kappa shape index (κ2) is 6.27. The molecule has 0 aromatic carbocycles. The van der Waals surface area contributed by atoms with Crippen LogP contribution in [0.25, 0.3) is 0 Å². The van der Waals surface area contributed by atoms with E-state index in [0.29, 0.717) is 5.41 Å². The lowest BCUT2D eigenvalue weighted by molar-refractivity contribution is 0.191. The van der Waals surface area contributed by atoms with Crippen molar-refractivity contribution < 1.29 is 4.43 Å². The minimum atomic E-state index is -1.46. The average Bonchev–Trinajstić information content (AvgIpc) is 2.35. The van der Waals surface area contributed by atoms with E-state index in [1.165, 1.54) is 36.7 Å². The summed E-state index contributed by atoms with van der Waals surface area (Å²) in [6.07, 6.45) is 6.07. The maximum Gasteiger partial charge on any atom is 0.250 e. The fraction of sp³-hybridized carbons (Fsp3) is 0.875. The van der Waals surface area contributed by atoms with E-state index in [0.717, 1.165) is 12.3 Å². The van der Waals surface area contributed by atoms with Crippen LogP contribution in [0.4, 0.5) is 0 Å². The Morgan fingerprint density at radius 3 is 2.17 bits per heavy atom. The van der Waals surface area contributed by atoms with Gasteiger partial charge in [0, 0.05) is 6.42 Å². The summed E-state index contributed by atoms with van der Waals surface area (Å²) in [4.78, 5) is 0. The first-order valence-corrected chi connectivity index (χ1v) is 10.3. The van der Waals surface area contributed by atoms with Gasteiger partial charge in [-0.2, -0.15) is 0 Å². The van der Waals surface area contributed by atoms with Gasteiger partial charge in [0.25, 0.3) is 0 Å². The molecule has 106 valence electrons. The highest BCUT2D eigenvalue weighted by molar-refractivity contribution is 6.73. The highest BCUT2D eigenvalue weighted by atomic mass is 28.4. The van der Waals surface area contributed by atoms with Gasteiger partial charge in [0.2, 0.25) is 8.32 Å². The lowest BCUT2D eigenvalue weighted by atomic mass is 9.74. The van der Waals surface area contributed by atoms with Crippen LogP contribution in [0, 0.1) is 11.3 Å². The van der Waals surface area contributed by atoms with E-state index in [9.17, 15) is 0 Å². The van der Waals surface area contributed by atoms with Crippen LogP contribution >= 0.6 is 0 Å². The maximum absolute atomic E-state index is 6.55. The lowest BCUT2D eigenvalue weighted by Gasteiger charge is -2.37. The fourth-order valence-electron chi connectivity index (χ4n) is 2.94. The Labute approximate surface area is 115 Å². The summed E-state index contributed by atoms with van der Waals surface area (Å²) in [5.74, 6) is 2.10. The van der Waals surface area contributed by atoms with Crippen LogP contribution in [0.15, 0.2) is 11.8 Å². The van der Waals surface area contributed by atoms with Crippen LogP contribution < -0.4 is 0 Å². The molecular weight excluding hydrogens is 236 g/mol. The van der Waals surface area contributed by atoms with Crippen molar-refractivity contribution in [3.05, 3.63) is 11.8 Å². The van der Waals surface area contributed by atoms with E-state index in [-0.39, 0.29) is 0 Å². The lowest BCUT2D eigenvalue weighted by Crippen LogP contribution is -2.36. The van der Waals surface area contributed by atoms with Crippen LogP contribution in [0.3, 0.4) is 0 Å². The SMILES string of the molecule is CC[Si](CC)(CC)OC1=CCCC(C(C)(C)C)C1. The van der Waals surface area contributed by atoms with Gasteiger partial charge in [-0.25, -0.2) is 0 Å². The first kappa shape index (κ1) is 15.8. The molecule has 0 heterocycles. The van der Waals surface area contributed by atoms with Crippen molar-refractivity contribution in [3.63, 3.8) is 0 Å². The van der Waals surface area contributed by atoms with Gasteiger partial charge in [-0.1, -0.05) is 41.5 Å². The number of rotatable bonds is 5. The largest absolute Gasteiger partial charge is 0.547 e. The fourth-order valence-corrected chi connectivity index (χ4v) is 5.60. The van der Waals surface area contributed by atoms with Crippen molar-refractivity contribution in [1.29, 1.82) is 0 Å². The van der Waals surface area contributed by atoms with Crippen LogP contribution in [0.2, 0.25) is 18.1 Å². The van der Waals surface area contributed by atoms with Gasteiger partial charge in [-0.3, -0.25) is 0 Å². The zero-order valence-electron chi connectivity index (χ0n) is 13.3. The third-order valence-corrected chi connectivity index (χ3v) is 9.40. The van der Waals surface area contributed by atoms with Gasteiger partial charge >= 0.3 is 0 Å². The molecule has 1 unspecified atom stereocenters. The topological polar surface area (TPSA) is 9.23 Å². The van der Waals surface area contributed by atoms with Crippen LogP contribution in [0.1, 0.15) is 60.8 Å². The predicted molar refractivity (Wildman–Crippen MR) is 83.2 cm³/mol. The van der Waals surface area contributed by atoms with Crippen LogP contribution in [-0.4, -0.2) is 8.32 Å². The summed E-state index contributed by atoms with van der Waals surface area (Å²) in [7, 11) is -1.46. The third-order valence-electron chi connectivity index (χ3n) is 4.84. The van der Waals surface area contributed by atoms with Gasteiger partial charge in [0.1, 0.15) is 0 Å². The molecule has 0 bridgehead atoms. The number of hydrogen-bond donors (Lipinski definition) is 0. The maximum atomic E-state index is 6.55. The quantitative estimate of drug-likeness (QED) is 0.578. The van der Waals surface area contributed by atoms with E-state index < -0.39 is 8.32 Å². The Kier molecular flexibility index (Phi) is 5.51. The normalized spacial score (nSPS) is 21.7. The monoisotopic (exact) mass is 268 g/mol. The Morgan fingerprint density at radius 2 is 1.72 bits per heavy atom. The van der Waals surface area contributed by atoms with Crippen molar-refractivity contribution in [1.82, 2.24) is 0 Å². The summed E-state index contributed by atoms with van der Waals surface area (Å²) in [6, 6.07) is 3.74. The molecule has 1 atom stereocenters.